The van der Waals surface area contributed by atoms with Crippen LogP contribution in [0.1, 0.15) is 5.56 Å². The Morgan fingerprint density at radius 1 is 1.25 bits per heavy atom. The average Bonchev–Trinajstić information content (AvgIpc) is 2.42. The van der Waals surface area contributed by atoms with Crippen molar-refractivity contribution >= 4 is 11.6 Å². The van der Waals surface area contributed by atoms with Crippen LogP contribution in [0.25, 0.3) is 0 Å². The van der Waals surface area contributed by atoms with Crippen molar-refractivity contribution in [3.8, 4) is 5.88 Å². The molecule has 0 unspecified atom stereocenters. The maximum atomic E-state index is 5.75. The summed E-state index contributed by atoms with van der Waals surface area (Å²) in [6.45, 7) is 3.66. The number of halogens is 1. The van der Waals surface area contributed by atoms with Gasteiger partial charge >= 0.3 is 0 Å². The van der Waals surface area contributed by atoms with E-state index >= 15 is 0 Å². The molecule has 1 aliphatic heterocycles. The van der Waals surface area contributed by atoms with Crippen LogP contribution in [0.15, 0.2) is 36.9 Å². The molecule has 20 heavy (non-hydrogen) atoms. The molecule has 0 radical (unpaired) electrons. The lowest BCUT2D eigenvalue weighted by Crippen LogP contribution is -2.48. The minimum Gasteiger partial charge on any atom is -0.476 e. The summed E-state index contributed by atoms with van der Waals surface area (Å²) in [6.07, 6.45) is 6.78. The molecule has 3 rings (SSSR count). The number of hydrogen-bond donors (Lipinski definition) is 0. The topological polar surface area (TPSA) is 51.1 Å². The Kier molecular flexibility index (Phi) is 4.08. The van der Waals surface area contributed by atoms with Gasteiger partial charge in [0.1, 0.15) is 0 Å². The first-order valence-corrected chi connectivity index (χ1v) is 6.89. The highest BCUT2D eigenvalue weighted by atomic mass is 35.5. The third-order valence-corrected chi connectivity index (χ3v) is 3.39. The minimum absolute atomic E-state index is 0.356. The minimum atomic E-state index is 0.356. The lowest BCUT2D eigenvalue weighted by molar-refractivity contribution is 0.0542. The van der Waals surface area contributed by atoms with Gasteiger partial charge in [-0.3, -0.25) is 14.9 Å². The van der Waals surface area contributed by atoms with E-state index in [0.29, 0.717) is 23.6 Å². The maximum absolute atomic E-state index is 5.75. The molecule has 2 aromatic heterocycles. The molecule has 104 valence electrons. The standard InChI is InChI=1S/C14H15ClN4O/c15-13-5-17-6-14(18-13)20-10-12-8-19(9-12)7-11-2-1-3-16-4-11/h1-6,12H,7-10H2. The van der Waals surface area contributed by atoms with Crippen molar-refractivity contribution in [1.29, 1.82) is 0 Å². The summed E-state index contributed by atoms with van der Waals surface area (Å²) in [7, 11) is 0. The van der Waals surface area contributed by atoms with Crippen molar-refractivity contribution in [2.24, 2.45) is 5.92 Å². The molecular weight excluding hydrogens is 276 g/mol. The Balaban J connectivity index is 1.40. The van der Waals surface area contributed by atoms with Crippen LogP contribution >= 0.6 is 11.6 Å². The van der Waals surface area contributed by atoms with Crippen LogP contribution < -0.4 is 4.74 Å². The Bertz CT molecular complexity index is 560. The number of aromatic nitrogens is 3. The number of hydrogen-bond acceptors (Lipinski definition) is 5. The SMILES string of the molecule is Clc1cncc(OCC2CN(Cc3cccnc3)C2)n1. The fourth-order valence-electron chi connectivity index (χ4n) is 2.26. The van der Waals surface area contributed by atoms with Crippen LogP contribution in [-0.2, 0) is 6.54 Å². The normalized spacial score (nSPS) is 15.8. The number of rotatable bonds is 5. The van der Waals surface area contributed by atoms with Crippen LogP contribution in [0, 0.1) is 5.92 Å². The molecule has 0 saturated carbocycles. The van der Waals surface area contributed by atoms with E-state index in [1.54, 1.807) is 12.4 Å². The highest BCUT2D eigenvalue weighted by molar-refractivity contribution is 6.29. The van der Waals surface area contributed by atoms with Crippen LogP contribution in [-0.4, -0.2) is 39.5 Å². The smallest absolute Gasteiger partial charge is 0.233 e. The van der Waals surface area contributed by atoms with Crippen LogP contribution in [0.2, 0.25) is 5.15 Å². The molecule has 6 heteroatoms. The summed E-state index contributed by atoms with van der Waals surface area (Å²) in [5.41, 5.74) is 1.24. The zero-order valence-corrected chi connectivity index (χ0v) is 11.7. The van der Waals surface area contributed by atoms with Crippen molar-refractivity contribution in [3.05, 3.63) is 47.6 Å². The van der Waals surface area contributed by atoms with Gasteiger partial charge in [-0.1, -0.05) is 17.7 Å². The second-order valence-corrected chi connectivity index (χ2v) is 5.30. The molecule has 1 fully saturated rings. The van der Waals surface area contributed by atoms with Gasteiger partial charge in [0.05, 0.1) is 19.0 Å². The van der Waals surface area contributed by atoms with Gasteiger partial charge in [-0.15, -0.1) is 0 Å². The summed E-state index contributed by atoms with van der Waals surface area (Å²) >= 11 is 5.75. The van der Waals surface area contributed by atoms with E-state index in [0.717, 1.165) is 19.6 Å². The third kappa shape index (κ3) is 3.43. The largest absolute Gasteiger partial charge is 0.476 e. The van der Waals surface area contributed by atoms with Gasteiger partial charge in [-0.2, -0.15) is 4.98 Å². The van der Waals surface area contributed by atoms with Crippen LogP contribution in [0.3, 0.4) is 0 Å². The summed E-state index contributed by atoms with van der Waals surface area (Å²) < 4.78 is 5.59. The van der Waals surface area contributed by atoms with E-state index in [-0.39, 0.29) is 0 Å². The van der Waals surface area contributed by atoms with E-state index < -0.39 is 0 Å². The molecule has 0 spiro atoms. The fraction of sp³-hybridized carbons (Fsp3) is 0.357. The molecule has 0 aliphatic carbocycles. The summed E-state index contributed by atoms with van der Waals surface area (Å²) in [4.78, 5) is 14.5. The van der Waals surface area contributed by atoms with E-state index in [4.69, 9.17) is 16.3 Å². The third-order valence-electron chi connectivity index (χ3n) is 3.21. The highest BCUT2D eigenvalue weighted by Gasteiger charge is 2.27. The predicted octanol–water partition coefficient (Wildman–Crippen LogP) is 2.04. The van der Waals surface area contributed by atoms with Crippen molar-refractivity contribution in [1.82, 2.24) is 19.9 Å². The van der Waals surface area contributed by atoms with Crippen molar-refractivity contribution in [2.45, 2.75) is 6.54 Å². The Morgan fingerprint density at radius 3 is 2.90 bits per heavy atom. The molecule has 3 heterocycles. The zero-order valence-electron chi connectivity index (χ0n) is 10.9. The van der Waals surface area contributed by atoms with Gasteiger partial charge in [-0.25, -0.2) is 0 Å². The number of nitrogens with zero attached hydrogens (tertiary/aromatic N) is 4. The lowest BCUT2D eigenvalue weighted by atomic mass is 10.0. The summed E-state index contributed by atoms with van der Waals surface area (Å²) in [5, 5.41) is 0.356. The highest BCUT2D eigenvalue weighted by Crippen LogP contribution is 2.19. The van der Waals surface area contributed by atoms with Crippen molar-refractivity contribution < 1.29 is 4.74 Å². The van der Waals surface area contributed by atoms with Gasteiger partial charge in [-0.05, 0) is 11.6 Å². The number of likely N-dealkylation sites (tertiary alicyclic amines) is 1. The second-order valence-electron chi connectivity index (χ2n) is 4.91. The van der Waals surface area contributed by atoms with Gasteiger partial charge in [0.25, 0.3) is 0 Å². The number of pyridine rings is 1. The second kappa shape index (κ2) is 6.15. The lowest BCUT2D eigenvalue weighted by Gasteiger charge is -2.38. The molecule has 0 amide bonds. The molecule has 2 aromatic rings. The average molecular weight is 291 g/mol. The number of ether oxygens (including phenoxy) is 1. The molecule has 0 aromatic carbocycles. The molecule has 1 aliphatic rings. The van der Waals surface area contributed by atoms with E-state index in [1.807, 2.05) is 12.3 Å². The van der Waals surface area contributed by atoms with E-state index in [9.17, 15) is 0 Å². The van der Waals surface area contributed by atoms with Crippen LogP contribution in [0.5, 0.6) is 5.88 Å². The quantitative estimate of drug-likeness (QED) is 0.843. The molecule has 0 atom stereocenters. The van der Waals surface area contributed by atoms with Gasteiger partial charge in [0.15, 0.2) is 5.15 Å². The van der Waals surface area contributed by atoms with Gasteiger partial charge in [0.2, 0.25) is 5.88 Å². The Labute approximate surface area is 122 Å². The van der Waals surface area contributed by atoms with Crippen molar-refractivity contribution in [3.63, 3.8) is 0 Å². The van der Waals surface area contributed by atoms with E-state index in [1.165, 1.54) is 11.8 Å². The first-order chi connectivity index (χ1) is 9.79. The first-order valence-electron chi connectivity index (χ1n) is 6.51. The molecular formula is C14H15ClN4O. The fourth-order valence-corrected chi connectivity index (χ4v) is 2.40. The van der Waals surface area contributed by atoms with Gasteiger partial charge < -0.3 is 4.74 Å². The Hall–Kier alpha value is -1.72. The Morgan fingerprint density at radius 2 is 2.15 bits per heavy atom. The van der Waals surface area contributed by atoms with Crippen molar-refractivity contribution in [2.75, 3.05) is 19.7 Å². The van der Waals surface area contributed by atoms with E-state index in [2.05, 4.69) is 25.9 Å². The first kappa shape index (κ1) is 13.3. The predicted molar refractivity (Wildman–Crippen MR) is 75.5 cm³/mol. The maximum Gasteiger partial charge on any atom is 0.233 e. The van der Waals surface area contributed by atoms with Gasteiger partial charge in [0, 0.05) is 37.9 Å². The summed E-state index contributed by atoms with van der Waals surface area (Å²) in [5.74, 6) is 1.02. The van der Waals surface area contributed by atoms with Crippen LogP contribution in [0.4, 0.5) is 0 Å². The summed E-state index contributed by atoms with van der Waals surface area (Å²) in [6, 6.07) is 4.06. The molecule has 1 saturated heterocycles. The molecule has 0 N–H and O–H groups in total. The molecule has 0 bridgehead atoms. The zero-order chi connectivity index (χ0) is 13.8. The molecule has 5 nitrogen and oxygen atoms in total. The monoisotopic (exact) mass is 290 g/mol.